The highest BCUT2D eigenvalue weighted by molar-refractivity contribution is 5.72. The van der Waals surface area contributed by atoms with Crippen molar-refractivity contribution in [2.45, 2.75) is 103 Å². The SMILES string of the molecule is CCCCCCCCCCCCCCCCC(=O)Oc1c(F)c(F)c(F)c(F)c1F. The van der Waals surface area contributed by atoms with E-state index in [1.54, 1.807) is 0 Å². The molecule has 0 spiro atoms. The molecule has 2 nitrogen and oxygen atoms in total. The summed E-state index contributed by atoms with van der Waals surface area (Å²) < 4.78 is 70.5. The molecule has 1 rings (SSSR count). The number of esters is 1. The number of carbonyl (C=O) groups excluding carboxylic acids is 1. The van der Waals surface area contributed by atoms with Gasteiger partial charge in [0.05, 0.1) is 0 Å². The van der Waals surface area contributed by atoms with Gasteiger partial charge in [0.1, 0.15) is 0 Å². The molecule has 0 amide bonds. The van der Waals surface area contributed by atoms with E-state index in [-0.39, 0.29) is 6.42 Å². The van der Waals surface area contributed by atoms with Crippen molar-refractivity contribution in [3.8, 4) is 5.75 Å². The predicted octanol–water partition coefficient (Wildman–Crippen LogP) is 8.16. The minimum Gasteiger partial charge on any atom is -0.420 e. The zero-order valence-corrected chi connectivity index (χ0v) is 17.8. The van der Waals surface area contributed by atoms with Gasteiger partial charge >= 0.3 is 5.97 Å². The van der Waals surface area contributed by atoms with Gasteiger partial charge in [-0.1, -0.05) is 90.4 Å². The minimum atomic E-state index is -2.28. The van der Waals surface area contributed by atoms with E-state index < -0.39 is 40.8 Å². The van der Waals surface area contributed by atoms with E-state index in [1.165, 1.54) is 57.8 Å². The van der Waals surface area contributed by atoms with Crippen LogP contribution in [0.2, 0.25) is 0 Å². The van der Waals surface area contributed by atoms with Crippen LogP contribution in [0, 0.1) is 29.1 Å². The Morgan fingerprint density at radius 3 is 1.30 bits per heavy atom. The number of unbranched alkanes of at least 4 members (excludes halogenated alkanes) is 13. The molecule has 30 heavy (non-hydrogen) atoms. The summed E-state index contributed by atoms with van der Waals surface area (Å²) in [6.07, 6.45) is 15.7. The summed E-state index contributed by atoms with van der Waals surface area (Å²) in [6, 6.07) is 0. The van der Waals surface area contributed by atoms with E-state index in [0.29, 0.717) is 6.42 Å². The summed E-state index contributed by atoms with van der Waals surface area (Å²) in [4.78, 5) is 11.6. The van der Waals surface area contributed by atoms with Crippen LogP contribution in [0.1, 0.15) is 103 Å². The van der Waals surface area contributed by atoms with Gasteiger partial charge < -0.3 is 4.74 Å². The Labute approximate surface area is 176 Å². The van der Waals surface area contributed by atoms with Crippen LogP contribution >= 0.6 is 0 Å². The molecule has 172 valence electrons. The average molecular weight is 437 g/mol. The predicted molar refractivity (Wildman–Crippen MR) is 107 cm³/mol. The smallest absolute Gasteiger partial charge is 0.311 e. The Morgan fingerprint density at radius 2 is 0.900 bits per heavy atom. The lowest BCUT2D eigenvalue weighted by atomic mass is 10.0. The van der Waals surface area contributed by atoms with E-state index in [2.05, 4.69) is 11.7 Å². The Bertz CT molecular complexity index is 620. The molecule has 0 aliphatic rings. The third-order valence-corrected chi connectivity index (χ3v) is 5.12. The monoisotopic (exact) mass is 436 g/mol. The zero-order chi connectivity index (χ0) is 22.4. The number of benzene rings is 1. The molecular formula is C23H33F5O2. The normalized spacial score (nSPS) is 11.1. The van der Waals surface area contributed by atoms with Gasteiger partial charge in [0, 0.05) is 6.42 Å². The van der Waals surface area contributed by atoms with Crippen molar-refractivity contribution in [2.24, 2.45) is 0 Å². The van der Waals surface area contributed by atoms with Crippen LogP contribution in [-0.4, -0.2) is 5.97 Å². The highest BCUT2D eigenvalue weighted by Crippen LogP contribution is 2.29. The van der Waals surface area contributed by atoms with E-state index in [1.807, 2.05) is 0 Å². The van der Waals surface area contributed by atoms with Gasteiger partial charge in [-0.2, -0.15) is 8.78 Å². The average Bonchev–Trinajstić information content (AvgIpc) is 2.74. The number of hydrogen-bond donors (Lipinski definition) is 0. The number of halogens is 5. The van der Waals surface area contributed by atoms with Crippen molar-refractivity contribution in [3.63, 3.8) is 0 Å². The quantitative estimate of drug-likeness (QED) is 0.0652. The number of hydrogen-bond acceptors (Lipinski definition) is 2. The Hall–Kier alpha value is -1.66. The summed E-state index contributed by atoms with van der Waals surface area (Å²) >= 11 is 0. The first kappa shape index (κ1) is 26.4. The van der Waals surface area contributed by atoms with Crippen molar-refractivity contribution < 1.29 is 31.5 Å². The van der Waals surface area contributed by atoms with Gasteiger partial charge in [0.15, 0.2) is 0 Å². The molecule has 0 unspecified atom stereocenters. The lowest BCUT2D eigenvalue weighted by molar-refractivity contribution is -0.135. The van der Waals surface area contributed by atoms with Crippen LogP contribution in [0.5, 0.6) is 5.75 Å². The molecule has 0 N–H and O–H groups in total. The molecule has 0 radical (unpaired) electrons. The summed E-state index contributed by atoms with van der Waals surface area (Å²) in [7, 11) is 0. The largest absolute Gasteiger partial charge is 0.420 e. The van der Waals surface area contributed by atoms with Crippen LogP contribution in [0.4, 0.5) is 22.0 Å². The highest BCUT2D eigenvalue weighted by Gasteiger charge is 2.28. The number of carbonyl (C=O) groups is 1. The fourth-order valence-corrected chi connectivity index (χ4v) is 3.30. The van der Waals surface area contributed by atoms with Crippen molar-refractivity contribution in [3.05, 3.63) is 29.1 Å². The van der Waals surface area contributed by atoms with Gasteiger partial charge in [-0.25, -0.2) is 13.2 Å². The number of ether oxygens (including phenoxy) is 1. The van der Waals surface area contributed by atoms with Crippen molar-refractivity contribution >= 4 is 5.97 Å². The Kier molecular flexibility index (Phi) is 13.4. The van der Waals surface area contributed by atoms with Crippen LogP contribution in [0.25, 0.3) is 0 Å². The fourth-order valence-electron chi connectivity index (χ4n) is 3.30. The minimum absolute atomic E-state index is 0.141. The summed E-state index contributed by atoms with van der Waals surface area (Å²) in [6.45, 7) is 2.21. The van der Waals surface area contributed by atoms with Gasteiger partial charge in [-0.05, 0) is 6.42 Å². The summed E-state index contributed by atoms with van der Waals surface area (Å²) in [5, 5.41) is 0. The Morgan fingerprint density at radius 1 is 0.567 bits per heavy atom. The third-order valence-electron chi connectivity index (χ3n) is 5.12. The molecule has 7 heteroatoms. The second-order valence-corrected chi connectivity index (χ2v) is 7.72. The van der Waals surface area contributed by atoms with Gasteiger partial charge in [-0.15, -0.1) is 0 Å². The van der Waals surface area contributed by atoms with Gasteiger partial charge in [0.25, 0.3) is 0 Å². The highest BCUT2D eigenvalue weighted by atomic mass is 19.2. The second kappa shape index (κ2) is 15.2. The summed E-state index contributed by atoms with van der Waals surface area (Å²) in [5.74, 6) is -13.4. The first-order chi connectivity index (χ1) is 14.4. The molecule has 0 atom stereocenters. The molecule has 0 aliphatic carbocycles. The van der Waals surface area contributed by atoms with Crippen LogP contribution < -0.4 is 4.74 Å². The first-order valence-electron chi connectivity index (χ1n) is 11.1. The van der Waals surface area contributed by atoms with Crippen LogP contribution in [0.15, 0.2) is 0 Å². The maximum absolute atomic E-state index is 13.5. The lowest BCUT2D eigenvalue weighted by Gasteiger charge is -2.08. The van der Waals surface area contributed by atoms with Gasteiger partial charge in [-0.3, -0.25) is 4.79 Å². The maximum Gasteiger partial charge on any atom is 0.311 e. The van der Waals surface area contributed by atoms with Crippen molar-refractivity contribution in [1.29, 1.82) is 0 Å². The molecule has 0 fully saturated rings. The molecule has 0 heterocycles. The third kappa shape index (κ3) is 9.43. The van der Waals surface area contributed by atoms with E-state index in [0.717, 1.165) is 25.7 Å². The molecule has 1 aromatic carbocycles. The fraction of sp³-hybridized carbons (Fsp3) is 0.696. The standard InChI is InChI=1S/C23H33F5O2/c1-2-3-4-5-6-7-8-9-10-11-12-13-14-15-16-17(29)30-23-21(27)19(25)18(24)20(26)22(23)28/h2-16H2,1H3. The molecule has 0 aliphatic heterocycles. The molecule has 1 aromatic rings. The molecule has 0 saturated heterocycles. The van der Waals surface area contributed by atoms with Crippen LogP contribution in [-0.2, 0) is 4.79 Å². The molecule has 0 aromatic heterocycles. The molecule has 0 saturated carbocycles. The molecular weight excluding hydrogens is 403 g/mol. The first-order valence-corrected chi connectivity index (χ1v) is 11.1. The Balaban J connectivity index is 2.09. The summed E-state index contributed by atoms with van der Waals surface area (Å²) in [5.41, 5.74) is 0. The van der Waals surface area contributed by atoms with E-state index in [9.17, 15) is 26.7 Å². The number of rotatable bonds is 16. The van der Waals surface area contributed by atoms with E-state index >= 15 is 0 Å². The van der Waals surface area contributed by atoms with E-state index in [4.69, 9.17) is 0 Å². The maximum atomic E-state index is 13.5. The zero-order valence-electron chi connectivity index (χ0n) is 17.8. The van der Waals surface area contributed by atoms with Crippen LogP contribution in [0.3, 0.4) is 0 Å². The lowest BCUT2D eigenvalue weighted by Crippen LogP contribution is -2.13. The van der Waals surface area contributed by atoms with Crippen molar-refractivity contribution in [1.82, 2.24) is 0 Å². The van der Waals surface area contributed by atoms with Crippen molar-refractivity contribution in [2.75, 3.05) is 0 Å². The topological polar surface area (TPSA) is 26.3 Å². The second-order valence-electron chi connectivity index (χ2n) is 7.72. The molecule has 0 bridgehead atoms. The van der Waals surface area contributed by atoms with Gasteiger partial charge in [0.2, 0.25) is 34.8 Å².